The van der Waals surface area contributed by atoms with E-state index < -0.39 is 11.7 Å². The lowest BCUT2D eigenvalue weighted by Crippen LogP contribution is -2.29. The first kappa shape index (κ1) is 14.7. The van der Waals surface area contributed by atoms with Crippen LogP contribution in [0.25, 0.3) is 0 Å². The van der Waals surface area contributed by atoms with Gasteiger partial charge in [-0.25, -0.2) is 0 Å². The summed E-state index contributed by atoms with van der Waals surface area (Å²) in [5, 5.41) is 9.04. The molecule has 1 aliphatic heterocycles. The highest BCUT2D eigenvalue weighted by Gasteiger charge is 2.31. The molecular formula is C14H15F3N2O. The average Bonchev–Trinajstić information content (AvgIpc) is 2.89. The molecule has 3 nitrogen and oxygen atoms in total. The third kappa shape index (κ3) is 3.23. The normalized spacial score (nSPS) is 18.9. The van der Waals surface area contributed by atoms with E-state index in [1.807, 2.05) is 6.07 Å². The molecule has 6 heteroatoms. The molecule has 1 fully saturated rings. The number of hydrogen-bond donors (Lipinski definition) is 0. The van der Waals surface area contributed by atoms with Crippen LogP contribution in [0.15, 0.2) is 18.2 Å². The first-order chi connectivity index (χ1) is 9.41. The molecule has 1 saturated heterocycles. The van der Waals surface area contributed by atoms with Crippen molar-refractivity contribution in [2.45, 2.75) is 25.1 Å². The maximum absolute atomic E-state index is 12.6. The van der Waals surface area contributed by atoms with E-state index in [9.17, 15) is 13.2 Å². The van der Waals surface area contributed by atoms with E-state index in [0.29, 0.717) is 12.2 Å². The molecular weight excluding hydrogens is 269 g/mol. The molecule has 1 aliphatic rings. The van der Waals surface area contributed by atoms with Gasteiger partial charge in [0.1, 0.15) is 6.07 Å². The molecule has 1 heterocycles. The Morgan fingerprint density at radius 3 is 2.75 bits per heavy atom. The predicted molar refractivity (Wildman–Crippen MR) is 68.4 cm³/mol. The summed E-state index contributed by atoms with van der Waals surface area (Å²) in [6.45, 7) is 1.29. The van der Waals surface area contributed by atoms with Gasteiger partial charge in [0.05, 0.1) is 22.9 Å². The highest BCUT2D eigenvalue weighted by atomic mass is 19.4. The molecule has 20 heavy (non-hydrogen) atoms. The maximum atomic E-state index is 12.6. The smallest absolute Gasteiger partial charge is 0.376 e. The fraction of sp³-hybridized carbons (Fsp3) is 0.500. The van der Waals surface area contributed by atoms with Crippen molar-refractivity contribution < 1.29 is 17.9 Å². The summed E-state index contributed by atoms with van der Waals surface area (Å²) in [5.41, 5.74) is -0.278. The van der Waals surface area contributed by atoms with Crippen LogP contribution in [0.3, 0.4) is 0 Å². The number of hydrogen-bond acceptors (Lipinski definition) is 3. The third-order valence-electron chi connectivity index (χ3n) is 3.36. The summed E-state index contributed by atoms with van der Waals surface area (Å²) in [6, 6.07) is 5.07. The van der Waals surface area contributed by atoms with Crippen molar-refractivity contribution in [1.29, 1.82) is 5.26 Å². The zero-order valence-corrected chi connectivity index (χ0v) is 11.1. The van der Waals surface area contributed by atoms with Gasteiger partial charge in [0.15, 0.2) is 0 Å². The Kier molecular flexibility index (Phi) is 4.19. The van der Waals surface area contributed by atoms with Crippen LogP contribution in [0.1, 0.15) is 24.0 Å². The summed E-state index contributed by atoms with van der Waals surface area (Å²) >= 11 is 0. The summed E-state index contributed by atoms with van der Waals surface area (Å²) in [7, 11) is 1.76. The van der Waals surface area contributed by atoms with Crippen molar-refractivity contribution in [2.24, 2.45) is 0 Å². The lowest BCUT2D eigenvalue weighted by Gasteiger charge is -2.24. The molecule has 0 radical (unpaired) electrons. The molecule has 0 spiro atoms. The third-order valence-corrected chi connectivity index (χ3v) is 3.36. The van der Waals surface area contributed by atoms with Crippen molar-refractivity contribution in [3.8, 4) is 6.07 Å². The van der Waals surface area contributed by atoms with Gasteiger partial charge in [0, 0.05) is 20.2 Å². The fourth-order valence-electron chi connectivity index (χ4n) is 2.33. The van der Waals surface area contributed by atoms with Crippen LogP contribution in [0.4, 0.5) is 18.9 Å². The lowest BCUT2D eigenvalue weighted by atomic mass is 10.1. The molecule has 1 aromatic carbocycles. The number of halogens is 3. The van der Waals surface area contributed by atoms with Crippen molar-refractivity contribution in [3.63, 3.8) is 0 Å². The number of rotatable bonds is 3. The fourth-order valence-corrected chi connectivity index (χ4v) is 2.33. The van der Waals surface area contributed by atoms with E-state index >= 15 is 0 Å². The SMILES string of the molecule is CN(CC1CCCO1)c1ccc(C(F)(F)F)cc1C#N. The molecule has 0 N–H and O–H groups in total. The summed E-state index contributed by atoms with van der Waals surface area (Å²) in [6.07, 6.45) is -2.42. The summed E-state index contributed by atoms with van der Waals surface area (Å²) in [4.78, 5) is 1.77. The van der Waals surface area contributed by atoms with E-state index in [1.165, 1.54) is 6.07 Å². The number of alkyl halides is 3. The standard InChI is InChI=1S/C14H15F3N2O/c1-19(9-12-3-2-6-20-12)13-5-4-11(14(15,16)17)7-10(13)8-18/h4-5,7,12H,2-3,6,9H2,1H3. The second kappa shape index (κ2) is 5.71. The average molecular weight is 284 g/mol. The molecule has 2 rings (SSSR count). The largest absolute Gasteiger partial charge is 0.416 e. The molecule has 0 aliphatic carbocycles. The van der Waals surface area contributed by atoms with Gasteiger partial charge in [-0.15, -0.1) is 0 Å². The molecule has 0 saturated carbocycles. The van der Waals surface area contributed by atoms with E-state index in [4.69, 9.17) is 10.00 Å². The van der Waals surface area contributed by atoms with Crippen LogP contribution < -0.4 is 4.90 Å². The van der Waals surface area contributed by atoms with Gasteiger partial charge in [0.2, 0.25) is 0 Å². The topological polar surface area (TPSA) is 36.3 Å². The monoisotopic (exact) mass is 284 g/mol. The Morgan fingerprint density at radius 1 is 1.45 bits per heavy atom. The Balaban J connectivity index is 2.20. The Labute approximate surface area is 115 Å². The van der Waals surface area contributed by atoms with Gasteiger partial charge in [-0.05, 0) is 31.0 Å². The highest BCUT2D eigenvalue weighted by Crippen LogP contribution is 2.32. The second-order valence-electron chi connectivity index (χ2n) is 4.86. The lowest BCUT2D eigenvalue weighted by molar-refractivity contribution is -0.137. The minimum absolute atomic E-state index is 0.0281. The first-order valence-corrected chi connectivity index (χ1v) is 6.36. The molecule has 0 bridgehead atoms. The molecule has 0 aromatic heterocycles. The predicted octanol–water partition coefficient (Wildman–Crippen LogP) is 3.19. The molecule has 108 valence electrons. The quantitative estimate of drug-likeness (QED) is 0.855. The van der Waals surface area contributed by atoms with Crippen molar-refractivity contribution in [3.05, 3.63) is 29.3 Å². The van der Waals surface area contributed by atoms with E-state index in [2.05, 4.69) is 0 Å². The first-order valence-electron chi connectivity index (χ1n) is 6.36. The Morgan fingerprint density at radius 2 is 2.20 bits per heavy atom. The van der Waals surface area contributed by atoms with Gasteiger partial charge >= 0.3 is 6.18 Å². The zero-order valence-electron chi connectivity index (χ0n) is 11.1. The van der Waals surface area contributed by atoms with Crippen LogP contribution in [-0.4, -0.2) is 26.3 Å². The van der Waals surface area contributed by atoms with E-state index in [0.717, 1.165) is 31.6 Å². The number of ether oxygens (including phenoxy) is 1. The number of likely N-dealkylation sites (N-methyl/N-ethyl adjacent to an activating group) is 1. The van der Waals surface area contributed by atoms with Crippen molar-refractivity contribution in [2.75, 3.05) is 25.1 Å². The van der Waals surface area contributed by atoms with E-state index in [-0.39, 0.29) is 11.7 Å². The van der Waals surface area contributed by atoms with Gasteiger partial charge in [0.25, 0.3) is 0 Å². The van der Waals surface area contributed by atoms with Crippen LogP contribution >= 0.6 is 0 Å². The summed E-state index contributed by atoms with van der Waals surface area (Å²) < 4.78 is 43.4. The van der Waals surface area contributed by atoms with Crippen LogP contribution in [0.5, 0.6) is 0 Å². The summed E-state index contributed by atoms with van der Waals surface area (Å²) in [5.74, 6) is 0. The van der Waals surface area contributed by atoms with Gasteiger partial charge in [-0.1, -0.05) is 0 Å². The second-order valence-corrected chi connectivity index (χ2v) is 4.86. The number of nitriles is 1. The minimum atomic E-state index is -4.43. The number of anilines is 1. The van der Waals surface area contributed by atoms with Crippen LogP contribution in [0, 0.1) is 11.3 Å². The van der Waals surface area contributed by atoms with Crippen molar-refractivity contribution in [1.82, 2.24) is 0 Å². The zero-order chi connectivity index (χ0) is 14.8. The van der Waals surface area contributed by atoms with Crippen LogP contribution in [-0.2, 0) is 10.9 Å². The van der Waals surface area contributed by atoms with Gasteiger partial charge in [-0.3, -0.25) is 0 Å². The van der Waals surface area contributed by atoms with Crippen LogP contribution in [0.2, 0.25) is 0 Å². The molecule has 1 aromatic rings. The molecule has 1 atom stereocenters. The van der Waals surface area contributed by atoms with Gasteiger partial charge in [-0.2, -0.15) is 18.4 Å². The molecule has 1 unspecified atom stereocenters. The molecule has 0 amide bonds. The Hall–Kier alpha value is -1.74. The number of nitrogens with zero attached hydrogens (tertiary/aromatic N) is 2. The highest BCUT2D eigenvalue weighted by molar-refractivity contribution is 5.60. The Bertz CT molecular complexity index is 516. The van der Waals surface area contributed by atoms with Gasteiger partial charge < -0.3 is 9.64 Å². The van der Waals surface area contributed by atoms with Crippen molar-refractivity contribution >= 4 is 5.69 Å². The number of benzene rings is 1. The van der Waals surface area contributed by atoms with E-state index in [1.54, 1.807) is 11.9 Å². The minimum Gasteiger partial charge on any atom is -0.376 e. The maximum Gasteiger partial charge on any atom is 0.416 e.